The van der Waals surface area contributed by atoms with Crippen LogP contribution in [0.1, 0.15) is 34.8 Å². The van der Waals surface area contributed by atoms with E-state index in [0.717, 1.165) is 24.9 Å². The Morgan fingerprint density at radius 3 is 3.14 bits per heavy atom. The Labute approximate surface area is 127 Å². The van der Waals surface area contributed by atoms with Crippen LogP contribution in [0, 0.1) is 0 Å². The standard InChI is InChI=1S/C16H15N5O/c22-16(12-5-8-21-15(9-12)18-11-19-21)20-7-2-4-14(20)13-3-1-6-17-10-13/h1,3,5-6,8-11,14H,2,4,7H2. The van der Waals surface area contributed by atoms with Gasteiger partial charge in [0.15, 0.2) is 5.65 Å². The van der Waals surface area contributed by atoms with Gasteiger partial charge < -0.3 is 4.90 Å². The second-order valence-electron chi connectivity index (χ2n) is 5.42. The van der Waals surface area contributed by atoms with Crippen molar-refractivity contribution in [2.75, 3.05) is 6.54 Å². The van der Waals surface area contributed by atoms with Crippen LogP contribution < -0.4 is 0 Å². The third-order valence-electron chi connectivity index (χ3n) is 4.11. The van der Waals surface area contributed by atoms with Gasteiger partial charge in [-0.2, -0.15) is 5.10 Å². The van der Waals surface area contributed by atoms with Crippen LogP contribution >= 0.6 is 0 Å². The molecule has 1 fully saturated rings. The van der Waals surface area contributed by atoms with Crippen molar-refractivity contribution in [3.63, 3.8) is 0 Å². The van der Waals surface area contributed by atoms with Crippen LogP contribution in [-0.2, 0) is 0 Å². The molecule has 1 amide bonds. The lowest BCUT2D eigenvalue weighted by atomic mass is 10.1. The fourth-order valence-electron chi connectivity index (χ4n) is 3.04. The summed E-state index contributed by atoms with van der Waals surface area (Å²) >= 11 is 0. The number of likely N-dealkylation sites (tertiary alicyclic amines) is 1. The molecule has 0 aromatic carbocycles. The van der Waals surface area contributed by atoms with Gasteiger partial charge in [0.05, 0.1) is 6.04 Å². The number of fused-ring (bicyclic) bond motifs is 1. The Balaban J connectivity index is 1.66. The molecule has 0 saturated carbocycles. The zero-order valence-corrected chi connectivity index (χ0v) is 12.0. The van der Waals surface area contributed by atoms with E-state index in [0.29, 0.717) is 11.2 Å². The van der Waals surface area contributed by atoms with Gasteiger partial charge in [0.2, 0.25) is 0 Å². The average Bonchev–Trinajstić information content (AvgIpc) is 3.23. The first-order valence-corrected chi connectivity index (χ1v) is 7.33. The summed E-state index contributed by atoms with van der Waals surface area (Å²) in [6, 6.07) is 7.63. The van der Waals surface area contributed by atoms with Crippen LogP contribution in [0.15, 0.2) is 49.2 Å². The maximum absolute atomic E-state index is 12.8. The van der Waals surface area contributed by atoms with E-state index < -0.39 is 0 Å². The van der Waals surface area contributed by atoms with Crippen molar-refractivity contribution in [3.8, 4) is 0 Å². The number of aromatic nitrogens is 4. The second-order valence-corrected chi connectivity index (χ2v) is 5.42. The first-order valence-electron chi connectivity index (χ1n) is 7.33. The van der Waals surface area contributed by atoms with Gasteiger partial charge >= 0.3 is 0 Å². The number of carbonyl (C=O) groups is 1. The minimum absolute atomic E-state index is 0.0388. The molecule has 0 aliphatic carbocycles. The van der Waals surface area contributed by atoms with Gasteiger partial charge in [-0.15, -0.1) is 0 Å². The fourth-order valence-corrected chi connectivity index (χ4v) is 3.04. The van der Waals surface area contributed by atoms with Crippen LogP contribution in [0.25, 0.3) is 5.65 Å². The lowest BCUT2D eigenvalue weighted by molar-refractivity contribution is 0.0735. The summed E-state index contributed by atoms with van der Waals surface area (Å²) < 4.78 is 1.65. The molecule has 6 nitrogen and oxygen atoms in total. The molecule has 0 spiro atoms. The molecule has 1 aliphatic rings. The summed E-state index contributed by atoms with van der Waals surface area (Å²) in [5.74, 6) is 0.0388. The number of nitrogens with zero attached hydrogens (tertiary/aromatic N) is 5. The quantitative estimate of drug-likeness (QED) is 0.726. The molecule has 0 bridgehead atoms. The van der Waals surface area contributed by atoms with Gasteiger partial charge in [-0.25, -0.2) is 9.50 Å². The maximum Gasteiger partial charge on any atom is 0.254 e. The van der Waals surface area contributed by atoms with E-state index >= 15 is 0 Å². The first kappa shape index (κ1) is 12.9. The number of amides is 1. The van der Waals surface area contributed by atoms with Gasteiger partial charge in [-0.3, -0.25) is 9.78 Å². The lowest BCUT2D eigenvalue weighted by Crippen LogP contribution is -2.30. The van der Waals surface area contributed by atoms with E-state index in [1.54, 1.807) is 29.0 Å². The number of rotatable bonds is 2. The summed E-state index contributed by atoms with van der Waals surface area (Å²) in [6.45, 7) is 0.774. The predicted octanol–water partition coefficient (Wildman–Crippen LogP) is 2.10. The number of pyridine rings is 2. The normalized spacial score (nSPS) is 18.0. The van der Waals surface area contributed by atoms with Crippen LogP contribution in [0.5, 0.6) is 0 Å². The summed E-state index contributed by atoms with van der Waals surface area (Å²) in [4.78, 5) is 23.1. The van der Waals surface area contributed by atoms with Crippen LogP contribution in [0.2, 0.25) is 0 Å². The van der Waals surface area contributed by atoms with Crippen molar-refractivity contribution >= 4 is 11.6 Å². The van der Waals surface area contributed by atoms with E-state index in [1.807, 2.05) is 23.2 Å². The zero-order valence-electron chi connectivity index (χ0n) is 12.0. The Hall–Kier alpha value is -2.76. The lowest BCUT2D eigenvalue weighted by Gasteiger charge is -2.25. The predicted molar refractivity (Wildman–Crippen MR) is 80.2 cm³/mol. The smallest absolute Gasteiger partial charge is 0.254 e. The van der Waals surface area contributed by atoms with E-state index in [-0.39, 0.29) is 11.9 Å². The Morgan fingerprint density at radius 2 is 2.27 bits per heavy atom. The summed E-state index contributed by atoms with van der Waals surface area (Å²) in [6.07, 6.45) is 8.84. The molecule has 22 heavy (non-hydrogen) atoms. The molecular formula is C16H15N5O. The van der Waals surface area contributed by atoms with Crippen LogP contribution in [0.3, 0.4) is 0 Å². The highest BCUT2D eigenvalue weighted by atomic mass is 16.2. The summed E-state index contributed by atoms with van der Waals surface area (Å²) in [5.41, 5.74) is 2.43. The molecule has 6 heteroatoms. The summed E-state index contributed by atoms with van der Waals surface area (Å²) in [7, 11) is 0. The average molecular weight is 293 g/mol. The Kier molecular flexibility index (Phi) is 3.07. The molecule has 3 aromatic heterocycles. The van der Waals surface area contributed by atoms with Gasteiger partial charge in [0, 0.05) is 30.7 Å². The van der Waals surface area contributed by atoms with Crippen molar-refractivity contribution in [3.05, 3.63) is 60.3 Å². The van der Waals surface area contributed by atoms with Crippen molar-refractivity contribution in [2.45, 2.75) is 18.9 Å². The summed E-state index contributed by atoms with van der Waals surface area (Å²) in [5, 5.41) is 4.05. The van der Waals surface area contributed by atoms with Crippen molar-refractivity contribution in [2.24, 2.45) is 0 Å². The molecule has 4 heterocycles. The molecule has 1 unspecified atom stereocenters. The molecule has 1 atom stereocenters. The van der Waals surface area contributed by atoms with Gasteiger partial charge in [0.25, 0.3) is 5.91 Å². The highest BCUT2D eigenvalue weighted by Crippen LogP contribution is 2.32. The molecule has 0 N–H and O–H groups in total. The van der Waals surface area contributed by atoms with E-state index in [1.165, 1.54) is 6.33 Å². The number of hydrogen-bond donors (Lipinski definition) is 0. The largest absolute Gasteiger partial charge is 0.332 e. The minimum atomic E-state index is 0.0388. The van der Waals surface area contributed by atoms with Gasteiger partial charge in [-0.1, -0.05) is 6.07 Å². The fraction of sp³-hybridized carbons (Fsp3) is 0.250. The third kappa shape index (κ3) is 2.13. The molecule has 4 rings (SSSR count). The van der Waals surface area contributed by atoms with Crippen molar-refractivity contribution in [1.82, 2.24) is 24.5 Å². The Morgan fingerprint density at radius 1 is 1.32 bits per heavy atom. The van der Waals surface area contributed by atoms with Gasteiger partial charge in [-0.05, 0) is 36.6 Å². The van der Waals surface area contributed by atoms with Crippen LogP contribution in [0.4, 0.5) is 0 Å². The first-order chi connectivity index (χ1) is 10.8. The zero-order chi connectivity index (χ0) is 14.9. The van der Waals surface area contributed by atoms with Gasteiger partial charge in [0.1, 0.15) is 6.33 Å². The topological polar surface area (TPSA) is 63.4 Å². The third-order valence-corrected chi connectivity index (χ3v) is 4.11. The van der Waals surface area contributed by atoms with Crippen molar-refractivity contribution in [1.29, 1.82) is 0 Å². The maximum atomic E-state index is 12.8. The van der Waals surface area contributed by atoms with E-state index in [2.05, 4.69) is 15.1 Å². The van der Waals surface area contributed by atoms with Crippen LogP contribution in [-0.4, -0.2) is 36.9 Å². The Bertz CT molecular complexity index is 814. The van der Waals surface area contributed by atoms with Crippen molar-refractivity contribution < 1.29 is 4.79 Å². The van der Waals surface area contributed by atoms with E-state index in [4.69, 9.17) is 0 Å². The molecule has 1 aliphatic heterocycles. The minimum Gasteiger partial charge on any atom is -0.332 e. The molecular weight excluding hydrogens is 278 g/mol. The highest BCUT2D eigenvalue weighted by molar-refractivity contribution is 5.95. The number of hydrogen-bond acceptors (Lipinski definition) is 4. The number of carbonyl (C=O) groups excluding carboxylic acids is 1. The van der Waals surface area contributed by atoms with E-state index in [9.17, 15) is 4.79 Å². The monoisotopic (exact) mass is 293 g/mol. The highest BCUT2D eigenvalue weighted by Gasteiger charge is 2.30. The molecule has 3 aromatic rings. The second kappa shape index (κ2) is 5.22. The molecule has 0 radical (unpaired) electrons. The SMILES string of the molecule is O=C(c1ccn2ncnc2c1)N1CCCC1c1cccnc1. The molecule has 1 saturated heterocycles. The molecule has 110 valence electrons.